The SMILES string of the molecule is CC(=O)c1ccc(C2[15N]=[15N]2)cc1.CCOC(=O)c1ccc(C2[15N]=[15N]2)cc1.N#Cc1ccc(C2[15N]=[15N]2)cc1. The number of carbonyl (C=O) groups excluding carboxylic acids is 2. The summed E-state index contributed by atoms with van der Waals surface area (Å²) in [5.41, 5.74) is 5.10. The van der Waals surface area contributed by atoms with Crippen LogP contribution >= 0.6 is 0 Å². The quantitative estimate of drug-likeness (QED) is 0.211. The van der Waals surface area contributed by atoms with Gasteiger partial charge in [0.25, 0.3) is 0 Å². The van der Waals surface area contributed by atoms with E-state index in [4.69, 9.17) is 10.00 Å². The predicted molar refractivity (Wildman–Crippen MR) is 133 cm³/mol. The molecule has 0 spiro atoms. The molecular weight excluding hydrogens is 476 g/mol. The minimum Gasteiger partial charge on any atom is -0.462 e. The Labute approximate surface area is 213 Å². The third kappa shape index (κ3) is 7.53. The first kappa shape index (κ1) is 25.2. The van der Waals surface area contributed by atoms with Crippen molar-refractivity contribution in [1.29, 1.82) is 5.26 Å². The lowest BCUT2D eigenvalue weighted by molar-refractivity contribution is 0.0526. The second-order valence-electron chi connectivity index (χ2n) is 8.07. The average Bonchev–Trinajstić information content (AvgIpc) is 3.79. The van der Waals surface area contributed by atoms with Gasteiger partial charge in [0.1, 0.15) is 0 Å². The largest absolute Gasteiger partial charge is 0.462 e. The van der Waals surface area contributed by atoms with Crippen molar-refractivity contribution in [2.75, 3.05) is 6.61 Å². The first-order valence-corrected chi connectivity index (χ1v) is 11.6. The Morgan fingerprint density at radius 3 is 1.41 bits per heavy atom. The molecule has 0 aliphatic carbocycles. The van der Waals surface area contributed by atoms with E-state index in [1.54, 1.807) is 50.2 Å². The standard InChI is InChI=1S/C10H10N2O2.C9H8N2O.C8H5N3/c1-2-14-10(13)8-5-3-7(4-6-8)9-11-12-9;1-6(12)7-2-4-8(5-3-7)9-10-11-9;9-5-6-1-3-7(4-2-6)8-10-11-8/h3-6,9H,2H2,1H3;2-5,9H,1H3;1-4,8H/i11+1,12+1;2*10+1,11+1. The summed E-state index contributed by atoms with van der Waals surface area (Å²) in [6.45, 7) is 3.74. The van der Waals surface area contributed by atoms with Gasteiger partial charge in [-0.1, -0.05) is 48.5 Å². The van der Waals surface area contributed by atoms with Crippen molar-refractivity contribution < 1.29 is 14.3 Å². The molecular formula is C27H23N7O3. The highest BCUT2D eigenvalue weighted by molar-refractivity contribution is 5.94. The van der Waals surface area contributed by atoms with Gasteiger partial charge in [-0.25, -0.2) is 4.79 Å². The fourth-order valence-electron chi connectivity index (χ4n) is 3.13. The number of nitriles is 1. The van der Waals surface area contributed by atoms with Gasteiger partial charge in [0.2, 0.25) is 18.5 Å². The molecule has 37 heavy (non-hydrogen) atoms. The third-order valence-corrected chi connectivity index (χ3v) is 5.37. The molecule has 3 aliphatic rings. The van der Waals surface area contributed by atoms with Crippen LogP contribution in [0.3, 0.4) is 0 Å². The van der Waals surface area contributed by atoms with Crippen LogP contribution in [0.1, 0.15) is 75.3 Å². The Hall–Kier alpha value is -4.91. The zero-order valence-electron chi connectivity index (χ0n) is 20.2. The smallest absolute Gasteiger partial charge is 0.338 e. The number of rotatable bonds is 6. The summed E-state index contributed by atoms with van der Waals surface area (Å²) in [6, 6.07) is 23.9. The van der Waals surface area contributed by atoms with Gasteiger partial charge in [-0.2, -0.15) is 35.9 Å². The molecule has 10 nitrogen and oxygen atoms in total. The topological polar surface area (TPSA) is 141 Å². The number of nitrogens with zero attached hydrogens (tertiary/aromatic N) is 7. The molecule has 0 aromatic heterocycles. The molecule has 0 amide bonds. The Bertz CT molecular complexity index is 1370. The molecule has 184 valence electrons. The van der Waals surface area contributed by atoms with Crippen LogP contribution in [0.2, 0.25) is 0 Å². The third-order valence-electron chi connectivity index (χ3n) is 5.37. The molecule has 3 aromatic carbocycles. The summed E-state index contributed by atoms with van der Waals surface area (Å²) in [5, 5.41) is 31.2. The summed E-state index contributed by atoms with van der Waals surface area (Å²) in [4.78, 5) is 22.2. The van der Waals surface area contributed by atoms with Crippen molar-refractivity contribution >= 4 is 11.8 Å². The fraction of sp³-hybridized carbons (Fsp3) is 0.222. The number of benzene rings is 3. The highest BCUT2D eigenvalue weighted by atomic mass is 16.5. The molecule has 3 aliphatic heterocycles. The van der Waals surface area contributed by atoms with Crippen LogP contribution in [0.15, 0.2) is 103 Å². The molecule has 0 radical (unpaired) electrons. The van der Waals surface area contributed by atoms with Gasteiger partial charge in [-0.15, -0.1) is 0 Å². The van der Waals surface area contributed by atoms with Gasteiger partial charge in [0.05, 0.1) is 23.8 Å². The van der Waals surface area contributed by atoms with E-state index in [1.165, 1.54) is 0 Å². The van der Waals surface area contributed by atoms with E-state index in [-0.39, 0.29) is 30.2 Å². The van der Waals surface area contributed by atoms with Crippen molar-refractivity contribution in [1.82, 2.24) is 0 Å². The summed E-state index contributed by atoms with van der Waals surface area (Å²) >= 11 is 0. The van der Waals surface area contributed by atoms with Crippen molar-refractivity contribution in [2.45, 2.75) is 32.3 Å². The highest BCUT2D eigenvalue weighted by Crippen LogP contribution is 2.31. The van der Waals surface area contributed by atoms with E-state index in [0.717, 1.165) is 22.3 Å². The van der Waals surface area contributed by atoms with E-state index < -0.39 is 0 Å². The predicted octanol–water partition coefficient (Wildman–Crippen LogP) is 6.70. The molecule has 10 heteroatoms. The maximum absolute atomic E-state index is 11.3. The summed E-state index contributed by atoms with van der Waals surface area (Å²) < 4.78 is 4.86. The second kappa shape index (κ2) is 11.7. The van der Waals surface area contributed by atoms with E-state index in [9.17, 15) is 9.59 Å². The Kier molecular flexibility index (Phi) is 7.95. The van der Waals surface area contributed by atoms with Gasteiger partial charge >= 0.3 is 5.97 Å². The van der Waals surface area contributed by atoms with E-state index in [2.05, 4.69) is 36.8 Å². The van der Waals surface area contributed by atoms with Crippen LogP contribution < -0.4 is 0 Å². The van der Waals surface area contributed by atoms with Gasteiger partial charge in [-0.3, -0.25) is 4.79 Å². The summed E-state index contributed by atoms with van der Waals surface area (Å²) in [7, 11) is 0. The van der Waals surface area contributed by atoms with Crippen molar-refractivity contribution in [2.24, 2.45) is 30.7 Å². The zero-order valence-corrected chi connectivity index (χ0v) is 20.2. The van der Waals surface area contributed by atoms with Crippen molar-refractivity contribution in [3.05, 3.63) is 106 Å². The summed E-state index contributed by atoms with van der Waals surface area (Å²) in [6.07, 6.45) is 0.0694. The molecule has 3 heterocycles. The van der Waals surface area contributed by atoms with Crippen LogP contribution in [0, 0.1) is 11.3 Å². The first-order chi connectivity index (χ1) is 18.0. The molecule has 0 saturated heterocycles. The molecule has 0 saturated carbocycles. The molecule has 0 fully saturated rings. The molecule has 0 bridgehead atoms. The Balaban J connectivity index is 0.000000131. The number of carbonyl (C=O) groups is 2. The number of ether oxygens (including phenoxy) is 1. The second-order valence-corrected chi connectivity index (χ2v) is 8.07. The van der Waals surface area contributed by atoms with Gasteiger partial charge in [0, 0.05) is 22.3 Å². The monoisotopic (exact) mass is 499 g/mol. The molecule has 0 N–H and O–H groups in total. The van der Waals surface area contributed by atoms with Crippen LogP contribution in [0.25, 0.3) is 0 Å². The lowest BCUT2D eigenvalue weighted by Crippen LogP contribution is -2.04. The zero-order chi connectivity index (χ0) is 26.2. The highest BCUT2D eigenvalue weighted by Gasteiger charge is 2.19. The van der Waals surface area contributed by atoms with Crippen LogP contribution in [-0.4, -0.2) is 18.4 Å². The maximum Gasteiger partial charge on any atom is 0.338 e. The normalized spacial score (nSPS) is 14.4. The van der Waals surface area contributed by atoms with E-state index in [1.807, 2.05) is 36.4 Å². The number of Topliss-reactive ketones (excluding diaryl/α,β-unsaturated/α-hetero) is 1. The molecule has 0 atom stereocenters. The van der Waals surface area contributed by atoms with Crippen molar-refractivity contribution in [3.8, 4) is 6.07 Å². The fourth-order valence-corrected chi connectivity index (χ4v) is 3.13. The van der Waals surface area contributed by atoms with Crippen LogP contribution in [0.5, 0.6) is 0 Å². The Morgan fingerprint density at radius 1 is 0.703 bits per heavy atom. The lowest BCUT2D eigenvalue weighted by Gasteiger charge is -2.01. The van der Waals surface area contributed by atoms with Crippen LogP contribution in [0.4, 0.5) is 0 Å². The van der Waals surface area contributed by atoms with Crippen LogP contribution in [-0.2, 0) is 4.74 Å². The van der Waals surface area contributed by atoms with Crippen molar-refractivity contribution in [3.63, 3.8) is 0 Å². The number of esters is 1. The van der Waals surface area contributed by atoms with E-state index >= 15 is 0 Å². The molecule has 0 unspecified atom stereocenters. The average molecular weight is 499 g/mol. The number of ketones is 1. The Morgan fingerprint density at radius 2 is 1.08 bits per heavy atom. The van der Waals surface area contributed by atoms with E-state index in [0.29, 0.717) is 17.7 Å². The molecule has 6 rings (SSSR count). The minimum atomic E-state index is -0.288. The number of hydrogen-bond donors (Lipinski definition) is 0. The minimum absolute atomic E-state index is 0.00811. The van der Waals surface area contributed by atoms with Gasteiger partial charge in [-0.05, 0) is 38.1 Å². The lowest BCUT2D eigenvalue weighted by atomic mass is 10.1. The molecule has 3 aromatic rings. The first-order valence-electron chi connectivity index (χ1n) is 11.6. The van der Waals surface area contributed by atoms with Gasteiger partial charge < -0.3 is 4.74 Å². The van der Waals surface area contributed by atoms with Gasteiger partial charge in [0.15, 0.2) is 5.78 Å². The summed E-state index contributed by atoms with van der Waals surface area (Å²) in [5.74, 6) is -0.199. The number of hydrogen-bond acceptors (Lipinski definition) is 10. The maximum atomic E-state index is 11.3.